The first-order valence-corrected chi connectivity index (χ1v) is 6.95. The standard InChI is InChI=1S/C13H19ClN4O2/c1-13(2,3)20-12(19)15-9-6-7-18(8-9)11-5-4-10(14)16-17-11/h4-5,9H,6-8H2,1-3H3,(H,15,19)/t9-/m0/s1. The van der Waals surface area contributed by atoms with Gasteiger partial charge in [0, 0.05) is 13.1 Å². The van der Waals surface area contributed by atoms with Gasteiger partial charge in [0.25, 0.3) is 0 Å². The van der Waals surface area contributed by atoms with E-state index in [1.807, 2.05) is 26.8 Å². The van der Waals surface area contributed by atoms with E-state index in [1.165, 1.54) is 0 Å². The lowest BCUT2D eigenvalue weighted by Crippen LogP contribution is -2.40. The molecular weight excluding hydrogens is 280 g/mol. The Bertz CT molecular complexity index is 472. The van der Waals surface area contributed by atoms with Gasteiger partial charge >= 0.3 is 6.09 Å². The lowest BCUT2D eigenvalue weighted by Gasteiger charge is -2.22. The minimum Gasteiger partial charge on any atom is -0.444 e. The molecule has 1 aliphatic rings. The first-order chi connectivity index (χ1) is 9.33. The third kappa shape index (κ3) is 4.23. The summed E-state index contributed by atoms with van der Waals surface area (Å²) < 4.78 is 5.24. The van der Waals surface area contributed by atoms with Crippen molar-refractivity contribution in [2.24, 2.45) is 0 Å². The van der Waals surface area contributed by atoms with Crippen LogP contribution in [-0.2, 0) is 4.74 Å². The van der Waals surface area contributed by atoms with E-state index in [0.717, 1.165) is 18.8 Å². The highest BCUT2D eigenvalue weighted by Crippen LogP contribution is 2.18. The minimum absolute atomic E-state index is 0.0577. The molecule has 7 heteroatoms. The number of alkyl carbamates (subject to hydrolysis) is 1. The number of halogens is 1. The number of rotatable bonds is 2. The van der Waals surface area contributed by atoms with Crippen LogP contribution < -0.4 is 10.2 Å². The molecular formula is C13H19ClN4O2. The first kappa shape index (κ1) is 14.8. The summed E-state index contributed by atoms with van der Waals surface area (Å²) in [7, 11) is 0. The Kier molecular flexibility index (Phi) is 4.32. The molecule has 1 saturated heterocycles. The van der Waals surface area contributed by atoms with Gasteiger partial charge in [-0.15, -0.1) is 10.2 Å². The van der Waals surface area contributed by atoms with Crippen LogP contribution >= 0.6 is 11.6 Å². The Balaban J connectivity index is 1.86. The molecule has 0 unspecified atom stereocenters. The van der Waals surface area contributed by atoms with Gasteiger partial charge in [-0.3, -0.25) is 0 Å². The molecule has 0 saturated carbocycles. The average molecular weight is 299 g/mol. The van der Waals surface area contributed by atoms with E-state index < -0.39 is 5.60 Å². The molecule has 6 nitrogen and oxygen atoms in total. The number of carbonyl (C=O) groups excluding carboxylic acids is 1. The zero-order valence-electron chi connectivity index (χ0n) is 11.9. The maximum absolute atomic E-state index is 11.7. The third-order valence-corrected chi connectivity index (χ3v) is 3.05. The Morgan fingerprint density at radius 3 is 2.80 bits per heavy atom. The van der Waals surface area contributed by atoms with Crippen molar-refractivity contribution in [3.05, 3.63) is 17.3 Å². The SMILES string of the molecule is CC(C)(C)OC(=O)N[C@H]1CCN(c2ccc(Cl)nn2)C1. The van der Waals surface area contributed by atoms with Crippen LogP contribution in [0.25, 0.3) is 0 Å². The number of anilines is 1. The second kappa shape index (κ2) is 5.83. The van der Waals surface area contributed by atoms with E-state index in [9.17, 15) is 4.79 Å². The van der Waals surface area contributed by atoms with E-state index >= 15 is 0 Å². The zero-order chi connectivity index (χ0) is 14.8. The van der Waals surface area contributed by atoms with Gasteiger partial charge in [0.15, 0.2) is 11.0 Å². The quantitative estimate of drug-likeness (QED) is 0.907. The number of nitrogens with zero attached hydrogens (tertiary/aromatic N) is 3. The zero-order valence-corrected chi connectivity index (χ0v) is 12.6. The maximum Gasteiger partial charge on any atom is 0.407 e. The summed E-state index contributed by atoms with van der Waals surface area (Å²) in [5, 5.41) is 11.1. The van der Waals surface area contributed by atoms with E-state index in [-0.39, 0.29) is 12.1 Å². The average Bonchev–Trinajstić information content (AvgIpc) is 2.75. The monoisotopic (exact) mass is 298 g/mol. The van der Waals surface area contributed by atoms with Crippen molar-refractivity contribution in [3.8, 4) is 0 Å². The molecule has 20 heavy (non-hydrogen) atoms. The van der Waals surface area contributed by atoms with Gasteiger partial charge in [-0.1, -0.05) is 11.6 Å². The van der Waals surface area contributed by atoms with Gasteiger partial charge in [-0.2, -0.15) is 0 Å². The van der Waals surface area contributed by atoms with Gasteiger partial charge in [0.05, 0.1) is 6.04 Å². The Morgan fingerprint density at radius 2 is 2.20 bits per heavy atom. The topological polar surface area (TPSA) is 67.3 Å². The summed E-state index contributed by atoms with van der Waals surface area (Å²) in [4.78, 5) is 13.8. The van der Waals surface area contributed by atoms with Crippen molar-refractivity contribution in [1.82, 2.24) is 15.5 Å². The predicted molar refractivity (Wildman–Crippen MR) is 77.0 cm³/mol. The first-order valence-electron chi connectivity index (χ1n) is 6.57. The van der Waals surface area contributed by atoms with Crippen molar-refractivity contribution >= 4 is 23.5 Å². The maximum atomic E-state index is 11.7. The van der Waals surface area contributed by atoms with Crippen LogP contribution in [0.4, 0.5) is 10.6 Å². The molecule has 1 atom stereocenters. The molecule has 0 aliphatic carbocycles. The van der Waals surface area contributed by atoms with Crippen LogP contribution in [0.1, 0.15) is 27.2 Å². The van der Waals surface area contributed by atoms with Gasteiger partial charge in [-0.25, -0.2) is 4.79 Å². The normalized spacial score (nSPS) is 19.0. The lowest BCUT2D eigenvalue weighted by atomic mass is 10.2. The van der Waals surface area contributed by atoms with Crippen LogP contribution in [0, 0.1) is 0 Å². The number of hydrogen-bond acceptors (Lipinski definition) is 5. The summed E-state index contributed by atoms with van der Waals surface area (Å²) >= 11 is 5.71. The molecule has 0 spiro atoms. The summed E-state index contributed by atoms with van der Waals surface area (Å²) in [6.07, 6.45) is 0.468. The third-order valence-electron chi connectivity index (χ3n) is 2.85. The molecule has 110 valence electrons. The molecule has 0 radical (unpaired) electrons. The van der Waals surface area contributed by atoms with E-state index in [1.54, 1.807) is 6.07 Å². The van der Waals surface area contributed by atoms with E-state index in [4.69, 9.17) is 16.3 Å². The van der Waals surface area contributed by atoms with Crippen LogP contribution in [0.15, 0.2) is 12.1 Å². The molecule has 1 aliphatic heterocycles. The number of hydrogen-bond donors (Lipinski definition) is 1. The Morgan fingerprint density at radius 1 is 1.45 bits per heavy atom. The van der Waals surface area contributed by atoms with Crippen molar-refractivity contribution in [2.45, 2.75) is 38.8 Å². The van der Waals surface area contributed by atoms with Gasteiger partial charge < -0.3 is 15.0 Å². The molecule has 2 heterocycles. The molecule has 0 aromatic carbocycles. The molecule has 1 aromatic rings. The molecule has 1 amide bonds. The van der Waals surface area contributed by atoms with E-state index in [2.05, 4.69) is 20.4 Å². The van der Waals surface area contributed by atoms with Crippen molar-refractivity contribution < 1.29 is 9.53 Å². The highest BCUT2D eigenvalue weighted by molar-refractivity contribution is 6.29. The smallest absolute Gasteiger partial charge is 0.407 e. The van der Waals surface area contributed by atoms with Crippen LogP contribution in [0.3, 0.4) is 0 Å². The van der Waals surface area contributed by atoms with Crippen molar-refractivity contribution in [1.29, 1.82) is 0 Å². The molecule has 2 rings (SSSR count). The Hall–Kier alpha value is -1.56. The number of aromatic nitrogens is 2. The number of carbonyl (C=O) groups is 1. The summed E-state index contributed by atoms with van der Waals surface area (Å²) in [6, 6.07) is 3.59. The highest BCUT2D eigenvalue weighted by atomic mass is 35.5. The second-order valence-corrected chi connectivity index (χ2v) is 6.18. The highest BCUT2D eigenvalue weighted by Gasteiger charge is 2.26. The minimum atomic E-state index is -0.482. The van der Waals surface area contributed by atoms with Crippen molar-refractivity contribution in [3.63, 3.8) is 0 Å². The molecule has 0 bridgehead atoms. The molecule has 1 N–H and O–H groups in total. The summed E-state index contributed by atoms with van der Waals surface area (Å²) in [5.74, 6) is 0.767. The van der Waals surface area contributed by atoms with Crippen LogP contribution in [0.5, 0.6) is 0 Å². The van der Waals surface area contributed by atoms with Gasteiger partial charge in [0.1, 0.15) is 5.60 Å². The van der Waals surface area contributed by atoms with Gasteiger partial charge in [0.2, 0.25) is 0 Å². The molecule has 1 aromatic heterocycles. The lowest BCUT2D eigenvalue weighted by molar-refractivity contribution is 0.0509. The number of ether oxygens (including phenoxy) is 1. The summed E-state index contributed by atoms with van der Waals surface area (Å²) in [6.45, 7) is 7.04. The fourth-order valence-corrected chi connectivity index (χ4v) is 2.14. The second-order valence-electron chi connectivity index (χ2n) is 5.79. The van der Waals surface area contributed by atoms with E-state index in [0.29, 0.717) is 11.7 Å². The van der Waals surface area contributed by atoms with Crippen molar-refractivity contribution in [2.75, 3.05) is 18.0 Å². The number of nitrogens with one attached hydrogen (secondary N) is 1. The van der Waals surface area contributed by atoms with Gasteiger partial charge in [-0.05, 0) is 39.3 Å². The predicted octanol–water partition coefficient (Wildman–Crippen LogP) is 2.23. The largest absolute Gasteiger partial charge is 0.444 e. The Labute approximate surface area is 123 Å². The van der Waals surface area contributed by atoms with Crippen LogP contribution in [-0.4, -0.2) is 41.0 Å². The van der Waals surface area contributed by atoms with Crippen LogP contribution in [0.2, 0.25) is 5.15 Å². The molecule has 1 fully saturated rings. The fourth-order valence-electron chi connectivity index (χ4n) is 2.04. The summed E-state index contributed by atoms with van der Waals surface area (Å²) in [5.41, 5.74) is -0.482. The number of amides is 1. The fraction of sp³-hybridized carbons (Fsp3) is 0.615.